The number of carbonyl (C=O) groups is 2. The Bertz CT molecular complexity index is 749. The van der Waals surface area contributed by atoms with Gasteiger partial charge in [-0.1, -0.05) is 42.5 Å². The molecule has 0 N–H and O–H groups in total. The van der Waals surface area contributed by atoms with Crippen molar-refractivity contribution < 1.29 is 9.59 Å². The van der Waals surface area contributed by atoms with Crippen molar-refractivity contribution in [1.82, 2.24) is 0 Å². The lowest BCUT2D eigenvalue weighted by Gasteiger charge is -2.16. The molecule has 0 aromatic heterocycles. The third-order valence-electron chi connectivity index (χ3n) is 4.58. The minimum Gasteiger partial charge on any atom is -0.299 e. The van der Waals surface area contributed by atoms with Gasteiger partial charge in [0.2, 0.25) is 0 Å². The highest BCUT2D eigenvalue weighted by Gasteiger charge is 2.16. The molecule has 132 valence electrons. The molecule has 0 unspecified atom stereocenters. The molecule has 25 heavy (non-hydrogen) atoms. The Balaban J connectivity index is 0.000000181. The first kappa shape index (κ1) is 19.4. The molecule has 3 heteroatoms. The minimum absolute atomic E-state index is 0.212. The molecule has 0 aliphatic heterocycles. The van der Waals surface area contributed by atoms with Crippen LogP contribution in [0.4, 0.5) is 0 Å². The lowest BCUT2D eigenvalue weighted by atomic mass is 9.88. The van der Waals surface area contributed by atoms with Crippen LogP contribution >= 0.6 is 11.6 Å². The van der Waals surface area contributed by atoms with E-state index in [1.807, 2.05) is 31.2 Å². The van der Waals surface area contributed by atoms with Gasteiger partial charge in [-0.15, -0.1) is 11.6 Å². The van der Waals surface area contributed by atoms with Crippen molar-refractivity contribution in [3.05, 3.63) is 70.3 Å². The molecule has 0 spiro atoms. The molecule has 2 aromatic carbocycles. The molecule has 2 aromatic rings. The van der Waals surface area contributed by atoms with Crippen LogP contribution in [0.5, 0.6) is 0 Å². The van der Waals surface area contributed by atoms with Crippen LogP contribution < -0.4 is 0 Å². The van der Waals surface area contributed by atoms with Crippen LogP contribution in [-0.4, -0.2) is 17.4 Å². The van der Waals surface area contributed by atoms with Gasteiger partial charge in [-0.2, -0.15) is 0 Å². The second-order valence-corrected chi connectivity index (χ2v) is 6.89. The Hall–Kier alpha value is -1.93. The molecule has 1 aliphatic carbocycles. The van der Waals surface area contributed by atoms with Crippen molar-refractivity contribution in [3.8, 4) is 0 Å². The second-order valence-electron chi connectivity index (χ2n) is 6.51. The van der Waals surface area contributed by atoms with Gasteiger partial charge in [-0.3, -0.25) is 9.59 Å². The third kappa shape index (κ3) is 5.82. The summed E-state index contributed by atoms with van der Waals surface area (Å²) in [6, 6.07) is 14.2. The first-order valence-corrected chi connectivity index (χ1v) is 9.26. The van der Waals surface area contributed by atoms with E-state index in [1.54, 1.807) is 0 Å². The van der Waals surface area contributed by atoms with Crippen LogP contribution in [-0.2, 0) is 28.9 Å². The van der Waals surface area contributed by atoms with Crippen LogP contribution in [0.25, 0.3) is 0 Å². The molecule has 0 heterocycles. The maximum Gasteiger partial charge on any atom is 0.138 e. The standard InChI is InChI=1S/C11H13ClO.C11H12O/c1-9-4-2-3-5-10(9)8-11(13)6-7-12;1-8-3-2-4-9-5-6-10(12)7-11(8)9/h2-5H,6-8H2,1H3;2-4H,5-7H2,1H3. The number of halogens is 1. The smallest absolute Gasteiger partial charge is 0.138 e. The number of aryl methyl sites for hydroxylation is 3. The van der Waals surface area contributed by atoms with Crippen LogP contribution in [0.15, 0.2) is 42.5 Å². The van der Waals surface area contributed by atoms with Crippen molar-refractivity contribution in [1.29, 1.82) is 0 Å². The van der Waals surface area contributed by atoms with E-state index in [0.29, 0.717) is 30.9 Å². The first-order valence-electron chi connectivity index (χ1n) is 8.72. The number of ketones is 2. The number of benzene rings is 2. The number of fused-ring (bicyclic) bond motifs is 1. The van der Waals surface area contributed by atoms with Gasteiger partial charge in [0, 0.05) is 31.6 Å². The van der Waals surface area contributed by atoms with E-state index >= 15 is 0 Å². The molecule has 0 amide bonds. The molecule has 1 aliphatic rings. The van der Waals surface area contributed by atoms with Gasteiger partial charge < -0.3 is 0 Å². The summed E-state index contributed by atoms with van der Waals surface area (Å²) in [5, 5.41) is 0. The van der Waals surface area contributed by atoms with Crippen LogP contribution in [0.1, 0.15) is 40.7 Å². The Kier molecular flexibility index (Phi) is 7.39. The second kappa shape index (κ2) is 9.53. The summed E-state index contributed by atoms with van der Waals surface area (Å²) in [6.45, 7) is 4.10. The zero-order valence-electron chi connectivity index (χ0n) is 15.0. The highest BCUT2D eigenvalue weighted by atomic mass is 35.5. The quantitative estimate of drug-likeness (QED) is 0.738. The van der Waals surface area contributed by atoms with Gasteiger partial charge in [0.05, 0.1) is 0 Å². The first-order chi connectivity index (χ1) is 12.0. The van der Waals surface area contributed by atoms with Gasteiger partial charge in [0.1, 0.15) is 11.6 Å². The molecule has 0 bridgehead atoms. The van der Waals surface area contributed by atoms with E-state index in [1.165, 1.54) is 22.3 Å². The lowest BCUT2D eigenvalue weighted by molar-refractivity contribution is -0.119. The normalized spacial score (nSPS) is 12.8. The SMILES string of the molecule is Cc1cccc2c1CC(=O)CC2.Cc1ccccc1CC(=O)CCCl. The average molecular weight is 357 g/mol. The Labute approximate surface area is 155 Å². The predicted octanol–water partition coefficient (Wildman–Crippen LogP) is 4.79. The van der Waals surface area contributed by atoms with E-state index in [4.69, 9.17) is 11.6 Å². The molecule has 0 atom stereocenters. The van der Waals surface area contributed by atoms with E-state index < -0.39 is 0 Å². The fourth-order valence-corrected chi connectivity index (χ4v) is 3.24. The fourth-order valence-electron chi connectivity index (χ4n) is 3.02. The molecule has 0 saturated heterocycles. The summed E-state index contributed by atoms with van der Waals surface area (Å²) < 4.78 is 0. The van der Waals surface area contributed by atoms with Gasteiger partial charge >= 0.3 is 0 Å². The largest absolute Gasteiger partial charge is 0.299 e. The summed E-state index contributed by atoms with van der Waals surface area (Å²) in [4.78, 5) is 22.5. The lowest BCUT2D eigenvalue weighted by Crippen LogP contribution is -2.14. The Morgan fingerprint density at radius 3 is 2.44 bits per heavy atom. The van der Waals surface area contributed by atoms with Gasteiger partial charge in [0.15, 0.2) is 0 Å². The molecule has 2 nitrogen and oxygen atoms in total. The molecule has 0 fully saturated rings. The van der Waals surface area contributed by atoms with E-state index in [2.05, 4.69) is 25.1 Å². The number of alkyl halides is 1. The van der Waals surface area contributed by atoms with E-state index in [9.17, 15) is 9.59 Å². The number of rotatable bonds is 4. The van der Waals surface area contributed by atoms with E-state index in [0.717, 1.165) is 18.4 Å². The summed E-state index contributed by atoms with van der Waals surface area (Å²) in [5.74, 6) is 1.02. The van der Waals surface area contributed by atoms with Crippen LogP contribution in [0.3, 0.4) is 0 Å². The maximum absolute atomic E-state index is 11.3. The van der Waals surface area contributed by atoms with Crippen molar-refractivity contribution >= 4 is 23.2 Å². The summed E-state index contributed by atoms with van der Waals surface area (Å²) in [7, 11) is 0. The summed E-state index contributed by atoms with van der Waals surface area (Å²) >= 11 is 5.48. The predicted molar refractivity (Wildman–Crippen MR) is 103 cm³/mol. The van der Waals surface area contributed by atoms with Gasteiger partial charge in [0.25, 0.3) is 0 Å². The van der Waals surface area contributed by atoms with Crippen molar-refractivity contribution in [3.63, 3.8) is 0 Å². The van der Waals surface area contributed by atoms with Gasteiger partial charge in [-0.25, -0.2) is 0 Å². The van der Waals surface area contributed by atoms with Crippen molar-refractivity contribution in [2.45, 2.75) is 46.0 Å². The number of carbonyl (C=O) groups excluding carboxylic acids is 2. The average Bonchev–Trinajstić information content (AvgIpc) is 2.59. The summed E-state index contributed by atoms with van der Waals surface area (Å²) in [6.07, 6.45) is 3.31. The molecular weight excluding hydrogens is 332 g/mol. The van der Waals surface area contributed by atoms with Crippen LogP contribution in [0, 0.1) is 13.8 Å². The Morgan fingerprint density at radius 2 is 1.72 bits per heavy atom. The zero-order valence-corrected chi connectivity index (χ0v) is 15.7. The molecule has 3 rings (SSSR count). The number of hydrogen-bond donors (Lipinski definition) is 0. The van der Waals surface area contributed by atoms with Gasteiger partial charge in [-0.05, 0) is 48.1 Å². The fraction of sp³-hybridized carbons (Fsp3) is 0.364. The highest BCUT2D eigenvalue weighted by molar-refractivity contribution is 6.19. The van der Waals surface area contributed by atoms with E-state index in [-0.39, 0.29) is 5.78 Å². The topological polar surface area (TPSA) is 34.1 Å². The van der Waals surface area contributed by atoms with Crippen molar-refractivity contribution in [2.24, 2.45) is 0 Å². The maximum atomic E-state index is 11.3. The Morgan fingerprint density at radius 1 is 1.00 bits per heavy atom. The highest BCUT2D eigenvalue weighted by Crippen LogP contribution is 2.21. The van der Waals surface area contributed by atoms with Crippen molar-refractivity contribution in [2.75, 3.05) is 5.88 Å². The number of hydrogen-bond acceptors (Lipinski definition) is 2. The zero-order chi connectivity index (χ0) is 18.2. The monoisotopic (exact) mass is 356 g/mol. The molecule has 0 radical (unpaired) electrons. The minimum atomic E-state index is 0.212. The third-order valence-corrected chi connectivity index (χ3v) is 4.77. The summed E-state index contributed by atoms with van der Waals surface area (Å²) in [5.41, 5.74) is 6.19. The number of Topliss-reactive ketones (excluding diaryl/α,β-unsaturated/α-hetero) is 2. The molecule has 0 saturated carbocycles. The molecular formula is C22H25ClO2. The van der Waals surface area contributed by atoms with Crippen LogP contribution in [0.2, 0.25) is 0 Å².